The second kappa shape index (κ2) is 4.29. The zero-order chi connectivity index (χ0) is 11.9. The number of benzene rings is 1. The number of halogens is 1. The largest absolute Gasteiger partial charge is 0.312 e. The van der Waals surface area contributed by atoms with Crippen LogP contribution in [0.15, 0.2) is 18.2 Å². The summed E-state index contributed by atoms with van der Waals surface area (Å²) in [6.07, 6.45) is 5.85. The van der Waals surface area contributed by atoms with E-state index in [0.717, 1.165) is 17.5 Å². The summed E-state index contributed by atoms with van der Waals surface area (Å²) >= 11 is 5.96. The summed E-state index contributed by atoms with van der Waals surface area (Å²) in [6, 6.07) is 6.17. The molecule has 1 aromatic carbocycles. The highest BCUT2D eigenvalue weighted by atomic mass is 35.5. The van der Waals surface area contributed by atoms with Crippen LogP contribution in [0.2, 0.25) is 5.02 Å². The lowest BCUT2D eigenvalue weighted by Crippen LogP contribution is -2.25. The van der Waals surface area contributed by atoms with Gasteiger partial charge in [0.1, 0.15) is 0 Å². The topological polar surface area (TPSA) is 12.0 Å². The van der Waals surface area contributed by atoms with Crippen LogP contribution in [0.5, 0.6) is 0 Å². The van der Waals surface area contributed by atoms with Crippen molar-refractivity contribution in [1.82, 2.24) is 5.32 Å². The van der Waals surface area contributed by atoms with E-state index in [1.807, 2.05) is 12.1 Å². The Morgan fingerprint density at radius 1 is 1.35 bits per heavy atom. The molecule has 1 N–H and O–H groups in total. The molecular formula is C15H20ClN. The maximum absolute atomic E-state index is 5.96. The van der Waals surface area contributed by atoms with Crippen LogP contribution < -0.4 is 5.32 Å². The van der Waals surface area contributed by atoms with Gasteiger partial charge in [-0.25, -0.2) is 0 Å². The van der Waals surface area contributed by atoms with Gasteiger partial charge in [0, 0.05) is 18.1 Å². The van der Waals surface area contributed by atoms with Crippen molar-refractivity contribution >= 4 is 11.6 Å². The minimum atomic E-state index is 0.695. The number of hydrogen-bond donors (Lipinski definition) is 1. The van der Waals surface area contributed by atoms with Gasteiger partial charge in [0.2, 0.25) is 0 Å². The zero-order valence-corrected chi connectivity index (χ0v) is 11.2. The van der Waals surface area contributed by atoms with Crippen molar-refractivity contribution in [2.75, 3.05) is 6.54 Å². The molecular weight excluding hydrogens is 230 g/mol. The third-order valence-electron chi connectivity index (χ3n) is 4.43. The van der Waals surface area contributed by atoms with Crippen molar-refractivity contribution in [3.8, 4) is 0 Å². The number of hydrogen-bond acceptors (Lipinski definition) is 1. The molecule has 2 saturated carbocycles. The van der Waals surface area contributed by atoms with E-state index in [0.29, 0.717) is 5.41 Å². The summed E-state index contributed by atoms with van der Waals surface area (Å²) in [6.45, 7) is 4.33. The van der Waals surface area contributed by atoms with E-state index in [2.05, 4.69) is 18.3 Å². The van der Waals surface area contributed by atoms with Crippen LogP contribution in [0.25, 0.3) is 0 Å². The van der Waals surface area contributed by atoms with Crippen LogP contribution in [0.1, 0.15) is 36.8 Å². The minimum absolute atomic E-state index is 0.695. The average molecular weight is 250 g/mol. The predicted molar refractivity (Wildman–Crippen MR) is 72.3 cm³/mol. The van der Waals surface area contributed by atoms with Gasteiger partial charge in [0.15, 0.2) is 0 Å². The molecule has 1 nitrogen and oxygen atoms in total. The summed E-state index contributed by atoms with van der Waals surface area (Å²) in [5, 5.41) is 4.48. The summed E-state index contributed by atoms with van der Waals surface area (Å²) in [4.78, 5) is 0. The predicted octanol–water partition coefficient (Wildman–Crippen LogP) is 3.93. The van der Waals surface area contributed by atoms with Gasteiger partial charge in [-0.3, -0.25) is 0 Å². The summed E-state index contributed by atoms with van der Waals surface area (Å²) in [5.74, 6) is 1.04. The molecule has 3 rings (SSSR count). The van der Waals surface area contributed by atoms with Gasteiger partial charge >= 0.3 is 0 Å². The molecule has 0 aliphatic heterocycles. The molecule has 0 heterocycles. The third-order valence-corrected chi connectivity index (χ3v) is 4.67. The van der Waals surface area contributed by atoms with E-state index < -0.39 is 0 Å². The maximum atomic E-state index is 5.96. The van der Waals surface area contributed by atoms with Crippen molar-refractivity contribution < 1.29 is 0 Å². The number of rotatable bonds is 5. The Kier molecular flexibility index (Phi) is 2.92. The Morgan fingerprint density at radius 2 is 2.12 bits per heavy atom. The molecule has 0 amide bonds. The normalized spacial score (nSPS) is 21.5. The Hall–Kier alpha value is -0.530. The summed E-state index contributed by atoms with van der Waals surface area (Å²) in [5.41, 5.74) is 3.36. The lowest BCUT2D eigenvalue weighted by atomic mass is 10.0. The lowest BCUT2D eigenvalue weighted by Gasteiger charge is -2.15. The maximum Gasteiger partial charge on any atom is 0.0408 e. The first-order chi connectivity index (χ1) is 8.20. The first-order valence-electron chi connectivity index (χ1n) is 6.65. The van der Waals surface area contributed by atoms with E-state index >= 15 is 0 Å². The Balaban J connectivity index is 1.53. The SMILES string of the molecule is Cc1cc(Cl)ccc1CNCC1(C2CC2)CC1. The van der Waals surface area contributed by atoms with Crippen molar-refractivity contribution in [1.29, 1.82) is 0 Å². The number of aryl methyl sites for hydroxylation is 1. The van der Waals surface area contributed by atoms with Crippen molar-refractivity contribution in [2.45, 2.75) is 39.2 Å². The van der Waals surface area contributed by atoms with Crippen LogP contribution >= 0.6 is 11.6 Å². The van der Waals surface area contributed by atoms with E-state index in [9.17, 15) is 0 Å². The molecule has 0 bridgehead atoms. The first kappa shape index (κ1) is 11.6. The van der Waals surface area contributed by atoms with Gasteiger partial charge in [0.25, 0.3) is 0 Å². The highest BCUT2D eigenvalue weighted by Gasteiger charge is 2.53. The molecule has 2 heteroatoms. The Labute approximate surface area is 109 Å². The molecule has 0 unspecified atom stereocenters. The standard InChI is InChI=1S/C15H20ClN/c1-11-8-14(16)5-2-12(11)9-17-10-15(6-7-15)13-3-4-13/h2,5,8,13,17H,3-4,6-7,9-10H2,1H3. The molecule has 2 fully saturated rings. The zero-order valence-electron chi connectivity index (χ0n) is 10.4. The van der Waals surface area contributed by atoms with Crippen LogP contribution in [0, 0.1) is 18.3 Å². The molecule has 0 aromatic heterocycles. The molecule has 0 radical (unpaired) electrons. The van der Waals surface area contributed by atoms with Crippen LogP contribution in [-0.4, -0.2) is 6.54 Å². The first-order valence-corrected chi connectivity index (χ1v) is 7.03. The van der Waals surface area contributed by atoms with Gasteiger partial charge in [-0.15, -0.1) is 0 Å². The van der Waals surface area contributed by atoms with Crippen LogP contribution in [0.4, 0.5) is 0 Å². The smallest absolute Gasteiger partial charge is 0.0408 e. The average Bonchev–Trinajstić information content (AvgIpc) is 3.14. The highest BCUT2D eigenvalue weighted by molar-refractivity contribution is 6.30. The quantitative estimate of drug-likeness (QED) is 0.834. The van der Waals surface area contributed by atoms with Crippen LogP contribution in [-0.2, 0) is 6.54 Å². The van der Waals surface area contributed by atoms with Gasteiger partial charge in [-0.05, 0) is 67.2 Å². The Bertz CT molecular complexity index is 419. The molecule has 92 valence electrons. The van der Waals surface area contributed by atoms with Crippen LogP contribution in [0.3, 0.4) is 0 Å². The van der Waals surface area contributed by atoms with Gasteiger partial charge in [-0.1, -0.05) is 17.7 Å². The Morgan fingerprint density at radius 3 is 2.71 bits per heavy atom. The monoisotopic (exact) mass is 249 g/mol. The van der Waals surface area contributed by atoms with E-state index in [1.165, 1.54) is 43.4 Å². The highest BCUT2D eigenvalue weighted by Crippen LogP contribution is 2.60. The van der Waals surface area contributed by atoms with E-state index in [-0.39, 0.29) is 0 Å². The van der Waals surface area contributed by atoms with Gasteiger partial charge in [0.05, 0.1) is 0 Å². The lowest BCUT2D eigenvalue weighted by molar-refractivity contribution is 0.403. The molecule has 17 heavy (non-hydrogen) atoms. The van der Waals surface area contributed by atoms with Gasteiger partial charge < -0.3 is 5.32 Å². The summed E-state index contributed by atoms with van der Waals surface area (Å²) in [7, 11) is 0. The second-order valence-electron chi connectivity index (χ2n) is 5.81. The molecule has 2 aliphatic carbocycles. The number of nitrogens with one attached hydrogen (secondary N) is 1. The second-order valence-corrected chi connectivity index (χ2v) is 6.25. The minimum Gasteiger partial charge on any atom is -0.312 e. The summed E-state index contributed by atoms with van der Waals surface area (Å²) < 4.78 is 0. The molecule has 0 spiro atoms. The molecule has 0 saturated heterocycles. The van der Waals surface area contributed by atoms with Gasteiger partial charge in [-0.2, -0.15) is 0 Å². The fourth-order valence-corrected chi connectivity index (χ4v) is 3.12. The molecule has 1 aromatic rings. The van der Waals surface area contributed by atoms with E-state index in [1.54, 1.807) is 0 Å². The molecule has 0 atom stereocenters. The third kappa shape index (κ3) is 2.51. The molecule has 2 aliphatic rings. The van der Waals surface area contributed by atoms with Crippen molar-refractivity contribution in [3.63, 3.8) is 0 Å². The van der Waals surface area contributed by atoms with E-state index in [4.69, 9.17) is 11.6 Å². The fraction of sp³-hybridized carbons (Fsp3) is 0.600. The van der Waals surface area contributed by atoms with Crippen molar-refractivity contribution in [3.05, 3.63) is 34.3 Å². The van der Waals surface area contributed by atoms with Crippen molar-refractivity contribution in [2.24, 2.45) is 11.3 Å². The fourth-order valence-electron chi connectivity index (χ4n) is 2.89.